The molecule has 0 N–H and O–H groups in total. The zero-order valence-electron chi connectivity index (χ0n) is 18.7. The molecule has 2 aromatic rings. The van der Waals surface area contributed by atoms with Crippen molar-refractivity contribution in [1.29, 1.82) is 0 Å². The molecule has 3 rings (SSSR count). The number of morpholine rings is 1. The van der Waals surface area contributed by atoms with Crippen molar-refractivity contribution in [2.75, 3.05) is 53.1 Å². The van der Waals surface area contributed by atoms with Crippen LogP contribution in [0.1, 0.15) is 28.1 Å². The Morgan fingerprint density at radius 1 is 1.20 bits per heavy atom. The summed E-state index contributed by atoms with van der Waals surface area (Å²) in [5.74, 6) is 0.879. The number of methoxy groups -OCH3 is 1. The average Bonchev–Trinajstić information content (AvgIpc) is 3.15. The molecule has 1 saturated heterocycles. The standard InChI is InChI=1S/C23H34N4O3/c1-18-13-19(2)21(20(3)14-18)15-26-6-5-24-22(26)16-27(23(28)17-29-4)8-7-25-9-11-30-12-10-25/h5-6,13-14H,7-12,15-17H2,1-4H3. The fourth-order valence-electron chi connectivity index (χ4n) is 4.03. The monoisotopic (exact) mass is 414 g/mol. The van der Waals surface area contributed by atoms with Crippen LogP contribution in [-0.2, 0) is 27.4 Å². The third-order valence-corrected chi connectivity index (χ3v) is 5.71. The minimum absolute atomic E-state index is 0.0111. The molecule has 0 unspecified atom stereocenters. The minimum atomic E-state index is -0.0111. The maximum absolute atomic E-state index is 12.7. The van der Waals surface area contributed by atoms with E-state index in [9.17, 15) is 4.79 Å². The lowest BCUT2D eigenvalue weighted by atomic mass is 10.00. The number of hydrogen-bond acceptors (Lipinski definition) is 5. The van der Waals surface area contributed by atoms with Gasteiger partial charge in [0.25, 0.3) is 0 Å². The van der Waals surface area contributed by atoms with Crippen molar-refractivity contribution in [3.8, 4) is 0 Å². The molecular formula is C23H34N4O3. The highest BCUT2D eigenvalue weighted by Crippen LogP contribution is 2.19. The maximum atomic E-state index is 12.7. The molecule has 1 aromatic heterocycles. The Morgan fingerprint density at radius 2 is 1.90 bits per heavy atom. The second-order valence-electron chi connectivity index (χ2n) is 8.05. The molecule has 0 radical (unpaired) electrons. The zero-order valence-corrected chi connectivity index (χ0v) is 18.7. The van der Waals surface area contributed by atoms with Gasteiger partial charge < -0.3 is 18.9 Å². The average molecular weight is 415 g/mol. The van der Waals surface area contributed by atoms with Gasteiger partial charge in [-0.2, -0.15) is 0 Å². The lowest BCUT2D eigenvalue weighted by molar-refractivity contribution is -0.136. The van der Waals surface area contributed by atoms with Crippen LogP contribution in [0.3, 0.4) is 0 Å². The van der Waals surface area contributed by atoms with Crippen molar-refractivity contribution < 1.29 is 14.3 Å². The van der Waals surface area contributed by atoms with E-state index >= 15 is 0 Å². The Morgan fingerprint density at radius 3 is 2.57 bits per heavy atom. The van der Waals surface area contributed by atoms with E-state index in [4.69, 9.17) is 9.47 Å². The third-order valence-electron chi connectivity index (χ3n) is 5.71. The lowest BCUT2D eigenvalue weighted by Gasteiger charge is -2.30. The minimum Gasteiger partial charge on any atom is -0.379 e. The molecule has 2 heterocycles. The topological polar surface area (TPSA) is 59.8 Å². The van der Waals surface area contributed by atoms with Gasteiger partial charge in [0.1, 0.15) is 12.4 Å². The number of hydrogen-bond donors (Lipinski definition) is 0. The highest BCUT2D eigenvalue weighted by molar-refractivity contribution is 5.77. The molecule has 7 heteroatoms. The lowest BCUT2D eigenvalue weighted by Crippen LogP contribution is -2.44. The number of ether oxygens (including phenoxy) is 2. The quantitative estimate of drug-likeness (QED) is 0.629. The van der Waals surface area contributed by atoms with Crippen molar-refractivity contribution in [1.82, 2.24) is 19.4 Å². The highest BCUT2D eigenvalue weighted by atomic mass is 16.5. The number of benzene rings is 1. The van der Waals surface area contributed by atoms with Gasteiger partial charge in [0, 0.05) is 52.2 Å². The number of amides is 1. The van der Waals surface area contributed by atoms with Crippen LogP contribution in [0.5, 0.6) is 0 Å². The van der Waals surface area contributed by atoms with Gasteiger partial charge in [-0.3, -0.25) is 9.69 Å². The van der Waals surface area contributed by atoms with Crippen LogP contribution in [0.4, 0.5) is 0 Å². The van der Waals surface area contributed by atoms with E-state index in [1.165, 1.54) is 22.3 Å². The summed E-state index contributed by atoms with van der Waals surface area (Å²) in [5, 5.41) is 0. The summed E-state index contributed by atoms with van der Waals surface area (Å²) < 4.78 is 12.7. The fraction of sp³-hybridized carbons (Fsp3) is 0.565. The zero-order chi connectivity index (χ0) is 21.5. The Bertz CT molecular complexity index is 820. The first-order valence-corrected chi connectivity index (χ1v) is 10.6. The van der Waals surface area contributed by atoms with Gasteiger partial charge >= 0.3 is 0 Å². The van der Waals surface area contributed by atoms with Gasteiger partial charge in [0.05, 0.1) is 19.8 Å². The summed E-state index contributed by atoms with van der Waals surface area (Å²) >= 11 is 0. The van der Waals surface area contributed by atoms with Crippen molar-refractivity contribution in [2.24, 2.45) is 0 Å². The van der Waals surface area contributed by atoms with Crippen LogP contribution in [0.2, 0.25) is 0 Å². The summed E-state index contributed by atoms with van der Waals surface area (Å²) in [6, 6.07) is 4.44. The molecule has 0 spiro atoms. The maximum Gasteiger partial charge on any atom is 0.249 e. The largest absolute Gasteiger partial charge is 0.379 e. The number of imidazole rings is 1. The van der Waals surface area contributed by atoms with E-state index in [2.05, 4.69) is 47.4 Å². The molecule has 164 valence electrons. The van der Waals surface area contributed by atoms with Crippen LogP contribution in [0, 0.1) is 20.8 Å². The van der Waals surface area contributed by atoms with Crippen molar-refractivity contribution in [3.05, 3.63) is 52.6 Å². The highest BCUT2D eigenvalue weighted by Gasteiger charge is 2.19. The first kappa shape index (κ1) is 22.5. The first-order valence-electron chi connectivity index (χ1n) is 10.6. The molecule has 0 bridgehead atoms. The Kier molecular flexibility index (Phi) is 8.01. The number of rotatable bonds is 9. The molecular weight excluding hydrogens is 380 g/mol. The van der Waals surface area contributed by atoms with E-state index in [1.54, 1.807) is 7.11 Å². The smallest absolute Gasteiger partial charge is 0.249 e. The molecule has 0 saturated carbocycles. The van der Waals surface area contributed by atoms with E-state index < -0.39 is 0 Å². The molecule has 1 aliphatic heterocycles. The van der Waals surface area contributed by atoms with Crippen LogP contribution in [-0.4, -0.2) is 78.4 Å². The molecule has 0 atom stereocenters. The van der Waals surface area contributed by atoms with E-state index in [0.29, 0.717) is 13.1 Å². The molecule has 1 amide bonds. The fourth-order valence-corrected chi connectivity index (χ4v) is 4.03. The molecule has 0 aliphatic carbocycles. The molecule has 1 aliphatic rings. The number of carbonyl (C=O) groups excluding carboxylic acids is 1. The molecule has 1 fully saturated rings. The van der Waals surface area contributed by atoms with Gasteiger partial charge in [-0.15, -0.1) is 0 Å². The molecule has 30 heavy (non-hydrogen) atoms. The number of nitrogens with zero attached hydrogens (tertiary/aromatic N) is 4. The van der Waals surface area contributed by atoms with Crippen LogP contribution < -0.4 is 0 Å². The van der Waals surface area contributed by atoms with Crippen molar-refractivity contribution in [2.45, 2.75) is 33.9 Å². The third kappa shape index (κ3) is 5.90. The van der Waals surface area contributed by atoms with Gasteiger partial charge in [-0.1, -0.05) is 17.7 Å². The molecule has 1 aromatic carbocycles. The normalized spacial score (nSPS) is 14.8. The molecule has 7 nitrogen and oxygen atoms in total. The van der Waals surface area contributed by atoms with E-state index in [-0.39, 0.29) is 12.5 Å². The number of aromatic nitrogens is 2. The predicted molar refractivity (Wildman–Crippen MR) is 117 cm³/mol. The Balaban J connectivity index is 1.72. The Labute approximate surface area is 179 Å². The van der Waals surface area contributed by atoms with Gasteiger partial charge in [-0.05, 0) is 37.5 Å². The van der Waals surface area contributed by atoms with Gasteiger partial charge in [0.2, 0.25) is 5.91 Å². The first-order chi connectivity index (χ1) is 14.5. The van der Waals surface area contributed by atoms with E-state index in [1.807, 2.05) is 17.3 Å². The summed E-state index contributed by atoms with van der Waals surface area (Å²) in [5.41, 5.74) is 5.15. The van der Waals surface area contributed by atoms with Crippen LogP contribution in [0.25, 0.3) is 0 Å². The van der Waals surface area contributed by atoms with Crippen molar-refractivity contribution >= 4 is 5.91 Å². The van der Waals surface area contributed by atoms with Crippen molar-refractivity contribution in [3.63, 3.8) is 0 Å². The number of carbonyl (C=O) groups is 1. The van der Waals surface area contributed by atoms with Gasteiger partial charge in [0.15, 0.2) is 0 Å². The number of aryl methyl sites for hydroxylation is 3. The summed E-state index contributed by atoms with van der Waals surface area (Å²) in [6.07, 6.45) is 3.81. The Hall–Kier alpha value is -2.22. The SMILES string of the molecule is COCC(=O)N(CCN1CCOCC1)Cc1nccn1Cc1c(C)cc(C)cc1C. The van der Waals surface area contributed by atoms with Crippen LogP contribution in [0.15, 0.2) is 24.5 Å². The summed E-state index contributed by atoms with van der Waals surface area (Å²) in [4.78, 5) is 21.4. The van der Waals surface area contributed by atoms with Gasteiger partial charge in [-0.25, -0.2) is 4.98 Å². The second-order valence-corrected chi connectivity index (χ2v) is 8.05. The van der Waals surface area contributed by atoms with E-state index in [0.717, 1.165) is 45.2 Å². The van der Waals surface area contributed by atoms with Crippen LogP contribution >= 0.6 is 0 Å². The second kappa shape index (κ2) is 10.7. The summed E-state index contributed by atoms with van der Waals surface area (Å²) in [6.45, 7) is 12.6. The predicted octanol–water partition coefficient (Wildman–Crippen LogP) is 2.16. The summed E-state index contributed by atoms with van der Waals surface area (Å²) in [7, 11) is 1.56.